The number of amides is 1. The van der Waals surface area contributed by atoms with E-state index in [4.69, 9.17) is 4.52 Å². The third-order valence-corrected chi connectivity index (χ3v) is 3.24. The summed E-state index contributed by atoms with van der Waals surface area (Å²) in [6.45, 7) is 9.20. The molecule has 0 saturated carbocycles. The van der Waals surface area contributed by atoms with Gasteiger partial charge in [0.25, 0.3) is 0 Å². The maximum absolute atomic E-state index is 12.3. The molecular weight excluding hydrogens is 230 g/mol. The minimum absolute atomic E-state index is 0.186. The first-order valence-electron chi connectivity index (χ1n) is 6.47. The molecule has 1 aromatic heterocycles. The minimum atomic E-state index is -0.327. The highest BCUT2D eigenvalue weighted by Gasteiger charge is 2.33. The van der Waals surface area contributed by atoms with Crippen molar-refractivity contribution >= 4 is 5.91 Å². The molecule has 2 rings (SSSR count). The van der Waals surface area contributed by atoms with Crippen molar-refractivity contribution in [3.05, 3.63) is 11.7 Å². The third kappa shape index (κ3) is 2.71. The number of aromatic nitrogens is 2. The zero-order valence-corrected chi connectivity index (χ0v) is 11.6. The van der Waals surface area contributed by atoms with Crippen LogP contribution in [0.2, 0.25) is 0 Å². The molecule has 1 aromatic rings. The number of piperidine rings is 1. The first kappa shape index (κ1) is 13.1. The van der Waals surface area contributed by atoms with Gasteiger partial charge in [0.15, 0.2) is 5.82 Å². The Morgan fingerprint density at radius 2 is 2.17 bits per heavy atom. The van der Waals surface area contributed by atoms with Crippen molar-refractivity contribution in [1.29, 1.82) is 0 Å². The van der Waals surface area contributed by atoms with Crippen molar-refractivity contribution in [3.8, 4) is 0 Å². The van der Waals surface area contributed by atoms with Gasteiger partial charge < -0.3 is 9.42 Å². The molecule has 0 N–H and O–H groups in total. The molecule has 2 heterocycles. The van der Waals surface area contributed by atoms with Gasteiger partial charge in [0, 0.05) is 18.5 Å². The average molecular weight is 251 g/mol. The molecule has 1 atom stereocenters. The third-order valence-electron chi connectivity index (χ3n) is 3.24. The molecule has 5 nitrogen and oxygen atoms in total. The number of carbonyl (C=O) groups excluding carboxylic acids is 1. The maximum Gasteiger partial charge on any atom is 0.231 e. The molecule has 1 aliphatic heterocycles. The van der Waals surface area contributed by atoms with Gasteiger partial charge in [-0.05, 0) is 19.8 Å². The van der Waals surface area contributed by atoms with Gasteiger partial charge in [0.1, 0.15) is 0 Å². The Balaban J connectivity index is 2.07. The topological polar surface area (TPSA) is 59.2 Å². The quantitative estimate of drug-likeness (QED) is 0.767. The second-order valence-corrected chi connectivity index (χ2v) is 6.02. The first-order chi connectivity index (χ1) is 8.38. The Morgan fingerprint density at radius 1 is 1.44 bits per heavy atom. The lowest BCUT2D eigenvalue weighted by Gasteiger charge is -2.35. The number of carbonyl (C=O) groups is 1. The molecule has 5 heteroatoms. The Bertz CT molecular complexity index is 434. The molecule has 0 unspecified atom stereocenters. The molecule has 0 aromatic carbocycles. The van der Waals surface area contributed by atoms with Gasteiger partial charge in [-0.1, -0.05) is 25.9 Å². The van der Waals surface area contributed by atoms with Crippen LogP contribution in [-0.4, -0.2) is 34.0 Å². The largest absolute Gasteiger partial charge is 0.341 e. The van der Waals surface area contributed by atoms with E-state index in [9.17, 15) is 4.79 Å². The van der Waals surface area contributed by atoms with Crippen molar-refractivity contribution in [2.45, 2.75) is 46.5 Å². The van der Waals surface area contributed by atoms with Gasteiger partial charge in [-0.15, -0.1) is 0 Å². The molecule has 1 fully saturated rings. The Morgan fingerprint density at radius 3 is 2.72 bits per heavy atom. The fourth-order valence-corrected chi connectivity index (χ4v) is 2.32. The van der Waals surface area contributed by atoms with E-state index < -0.39 is 0 Å². The van der Waals surface area contributed by atoms with E-state index in [1.807, 2.05) is 32.6 Å². The maximum atomic E-state index is 12.3. The van der Waals surface area contributed by atoms with Crippen molar-refractivity contribution in [2.24, 2.45) is 5.41 Å². The molecule has 0 spiro atoms. The van der Waals surface area contributed by atoms with Crippen LogP contribution in [-0.2, 0) is 4.79 Å². The van der Waals surface area contributed by atoms with E-state index in [0.29, 0.717) is 18.3 Å². The second kappa shape index (κ2) is 4.71. The summed E-state index contributed by atoms with van der Waals surface area (Å²) in [7, 11) is 0. The van der Waals surface area contributed by atoms with Gasteiger partial charge in [0.2, 0.25) is 11.8 Å². The van der Waals surface area contributed by atoms with Crippen LogP contribution in [0.25, 0.3) is 0 Å². The van der Waals surface area contributed by atoms with Crippen LogP contribution in [0.3, 0.4) is 0 Å². The van der Waals surface area contributed by atoms with E-state index in [1.165, 1.54) is 0 Å². The van der Waals surface area contributed by atoms with Gasteiger partial charge in [-0.3, -0.25) is 4.79 Å². The molecule has 1 amide bonds. The van der Waals surface area contributed by atoms with Crippen LogP contribution < -0.4 is 0 Å². The van der Waals surface area contributed by atoms with Crippen molar-refractivity contribution in [1.82, 2.24) is 15.0 Å². The standard InChI is InChI=1S/C13H21N3O2/c1-9-14-11(18-15-9)10-6-5-7-16(8-10)12(17)13(2,3)4/h10H,5-8H2,1-4H3/t10-/m1/s1. The lowest BCUT2D eigenvalue weighted by molar-refractivity contribution is -0.140. The van der Waals surface area contributed by atoms with Gasteiger partial charge in [0.05, 0.1) is 5.92 Å². The van der Waals surface area contributed by atoms with E-state index in [2.05, 4.69) is 10.1 Å². The summed E-state index contributed by atoms with van der Waals surface area (Å²) in [6.07, 6.45) is 2.00. The predicted molar refractivity (Wildman–Crippen MR) is 67.0 cm³/mol. The van der Waals surface area contributed by atoms with Crippen LogP contribution in [0.5, 0.6) is 0 Å². The summed E-state index contributed by atoms with van der Waals surface area (Å²) in [6, 6.07) is 0. The summed E-state index contributed by atoms with van der Waals surface area (Å²) in [4.78, 5) is 18.5. The van der Waals surface area contributed by atoms with Crippen LogP contribution >= 0.6 is 0 Å². The summed E-state index contributed by atoms with van der Waals surface area (Å²) in [5.41, 5.74) is -0.327. The highest BCUT2D eigenvalue weighted by molar-refractivity contribution is 5.81. The summed E-state index contributed by atoms with van der Waals surface area (Å²) < 4.78 is 5.22. The van der Waals surface area contributed by atoms with E-state index in [1.54, 1.807) is 0 Å². The van der Waals surface area contributed by atoms with Crippen molar-refractivity contribution in [2.75, 3.05) is 13.1 Å². The zero-order chi connectivity index (χ0) is 13.3. The van der Waals surface area contributed by atoms with E-state index in [0.717, 1.165) is 19.4 Å². The Kier molecular flexibility index (Phi) is 3.41. The van der Waals surface area contributed by atoms with Crippen LogP contribution in [0.15, 0.2) is 4.52 Å². The molecular formula is C13H21N3O2. The zero-order valence-electron chi connectivity index (χ0n) is 11.6. The minimum Gasteiger partial charge on any atom is -0.341 e. The highest BCUT2D eigenvalue weighted by atomic mass is 16.5. The first-order valence-corrected chi connectivity index (χ1v) is 6.47. The highest BCUT2D eigenvalue weighted by Crippen LogP contribution is 2.28. The molecule has 1 aliphatic rings. The molecule has 18 heavy (non-hydrogen) atoms. The van der Waals surface area contributed by atoms with Gasteiger partial charge >= 0.3 is 0 Å². The molecule has 0 bridgehead atoms. The number of aryl methyl sites for hydroxylation is 1. The van der Waals surface area contributed by atoms with Crippen LogP contribution in [0.1, 0.15) is 51.2 Å². The monoisotopic (exact) mass is 251 g/mol. The van der Waals surface area contributed by atoms with Gasteiger partial charge in [-0.25, -0.2) is 0 Å². The SMILES string of the molecule is Cc1noc([C@@H]2CCCN(C(=O)C(C)(C)C)C2)n1. The fourth-order valence-electron chi connectivity index (χ4n) is 2.32. The average Bonchev–Trinajstić information content (AvgIpc) is 2.74. The smallest absolute Gasteiger partial charge is 0.231 e. The lowest BCUT2D eigenvalue weighted by atomic mass is 9.91. The molecule has 0 aliphatic carbocycles. The Hall–Kier alpha value is -1.39. The van der Waals surface area contributed by atoms with E-state index in [-0.39, 0.29) is 17.2 Å². The number of rotatable bonds is 1. The fraction of sp³-hybridized carbons (Fsp3) is 0.769. The predicted octanol–water partition coefficient (Wildman–Crippen LogP) is 2.13. The normalized spacial score (nSPS) is 21.1. The van der Waals surface area contributed by atoms with Crippen LogP contribution in [0.4, 0.5) is 0 Å². The molecule has 100 valence electrons. The summed E-state index contributed by atoms with van der Waals surface area (Å²) >= 11 is 0. The summed E-state index contributed by atoms with van der Waals surface area (Å²) in [5.74, 6) is 1.71. The molecule has 1 saturated heterocycles. The summed E-state index contributed by atoms with van der Waals surface area (Å²) in [5, 5.41) is 3.82. The number of hydrogen-bond donors (Lipinski definition) is 0. The number of hydrogen-bond acceptors (Lipinski definition) is 4. The number of nitrogens with zero attached hydrogens (tertiary/aromatic N) is 3. The van der Waals surface area contributed by atoms with Crippen molar-refractivity contribution < 1.29 is 9.32 Å². The van der Waals surface area contributed by atoms with Crippen molar-refractivity contribution in [3.63, 3.8) is 0 Å². The second-order valence-electron chi connectivity index (χ2n) is 6.02. The van der Waals surface area contributed by atoms with E-state index >= 15 is 0 Å². The molecule has 0 radical (unpaired) electrons. The Labute approximate surface area is 108 Å². The van der Waals surface area contributed by atoms with Crippen LogP contribution in [0, 0.1) is 12.3 Å². The lowest BCUT2D eigenvalue weighted by Crippen LogP contribution is -2.44. The van der Waals surface area contributed by atoms with Gasteiger partial charge in [-0.2, -0.15) is 4.98 Å². The number of likely N-dealkylation sites (tertiary alicyclic amines) is 1.